The van der Waals surface area contributed by atoms with Crippen molar-refractivity contribution in [1.29, 1.82) is 0 Å². The Morgan fingerprint density at radius 1 is 1.39 bits per heavy atom. The van der Waals surface area contributed by atoms with Gasteiger partial charge in [-0.15, -0.1) is 11.3 Å². The maximum absolute atomic E-state index is 13.6. The molecule has 3 heterocycles. The van der Waals surface area contributed by atoms with Crippen LogP contribution in [0.5, 0.6) is 5.75 Å². The molecule has 1 aromatic carbocycles. The standard InChI is InChI=1S/C23H20BrClN2O4S2/c1-3-6-15-18(22(30)31-4-2)19(16-7-5-8-32-16)27-21(29)17(33-23(27)26-15)10-12-9-13(25)11-14(24)20(12)28/h5,7-11,19,28H,3-4,6H2,1-2H3/b17-10-/t19-/m1/s1. The Morgan fingerprint density at radius 3 is 2.85 bits per heavy atom. The quantitative estimate of drug-likeness (QED) is 0.436. The summed E-state index contributed by atoms with van der Waals surface area (Å²) in [6, 6.07) is 6.34. The zero-order valence-corrected chi connectivity index (χ0v) is 21.8. The van der Waals surface area contributed by atoms with Crippen molar-refractivity contribution < 1.29 is 14.6 Å². The lowest BCUT2D eigenvalue weighted by Crippen LogP contribution is -2.39. The zero-order valence-electron chi connectivity index (χ0n) is 17.8. The maximum atomic E-state index is 13.6. The van der Waals surface area contributed by atoms with Gasteiger partial charge in [0.1, 0.15) is 11.8 Å². The number of rotatable bonds is 6. The fourth-order valence-electron chi connectivity index (χ4n) is 3.67. The highest BCUT2D eigenvalue weighted by Crippen LogP contribution is 2.35. The Balaban J connectivity index is 2.00. The number of allylic oxidation sites excluding steroid dienone is 1. The minimum Gasteiger partial charge on any atom is -0.506 e. The van der Waals surface area contributed by atoms with E-state index in [1.165, 1.54) is 22.7 Å². The Kier molecular flexibility index (Phi) is 7.23. The number of phenols is 1. The molecule has 1 aliphatic heterocycles. The number of fused-ring (bicyclic) bond motifs is 1. The van der Waals surface area contributed by atoms with E-state index in [0.717, 1.165) is 11.3 Å². The molecule has 0 spiro atoms. The molecular formula is C23H20BrClN2O4S2. The first-order chi connectivity index (χ1) is 15.8. The Labute approximate surface area is 211 Å². The number of aromatic hydroxyl groups is 1. The number of aromatic nitrogens is 1. The van der Waals surface area contributed by atoms with Crippen molar-refractivity contribution in [3.05, 3.63) is 80.5 Å². The third kappa shape index (κ3) is 4.59. The van der Waals surface area contributed by atoms with E-state index in [1.807, 2.05) is 24.4 Å². The van der Waals surface area contributed by atoms with Crippen LogP contribution in [-0.2, 0) is 9.53 Å². The molecule has 10 heteroatoms. The van der Waals surface area contributed by atoms with E-state index in [1.54, 1.807) is 29.7 Å². The van der Waals surface area contributed by atoms with Crippen LogP contribution in [0.25, 0.3) is 6.08 Å². The van der Waals surface area contributed by atoms with Gasteiger partial charge < -0.3 is 9.84 Å². The van der Waals surface area contributed by atoms with Crippen molar-refractivity contribution >= 4 is 62.2 Å². The minimum atomic E-state index is -0.622. The van der Waals surface area contributed by atoms with Crippen molar-refractivity contribution in [2.24, 2.45) is 4.99 Å². The van der Waals surface area contributed by atoms with Crippen molar-refractivity contribution in [3.63, 3.8) is 0 Å². The lowest BCUT2D eigenvalue weighted by atomic mass is 9.99. The van der Waals surface area contributed by atoms with Gasteiger partial charge in [-0.25, -0.2) is 9.79 Å². The molecule has 0 unspecified atom stereocenters. The normalized spacial score (nSPS) is 16.0. The summed E-state index contributed by atoms with van der Waals surface area (Å²) in [4.78, 5) is 32.7. The van der Waals surface area contributed by atoms with Crippen LogP contribution >= 0.6 is 50.2 Å². The van der Waals surface area contributed by atoms with E-state index < -0.39 is 12.0 Å². The summed E-state index contributed by atoms with van der Waals surface area (Å²) in [5.41, 5.74) is 1.14. The lowest BCUT2D eigenvalue weighted by Gasteiger charge is -2.24. The fourth-order valence-corrected chi connectivity index (χ4v) is 6.34. The molecule has 0 amide bonds. The van der Waals surface area contributed by atoms with E-state index in [4.69, 9.17) is 21.3 Å². The molecule has 33 heavy (non-hydrogen) atoms. The summed E-state index contributed by atoms with van der Waals surface area (Å²) >= 11 is 12.1. The first kappa shape index (κ1) is 23.9. The molecule has 0 radical (unpaired) electrons. The number of phenolic OH excluding ortho intramolecular Hbond substituents is 1. The molecule has 1 aliphatic rings. The van der Waals surface area contributed by atoms with Gasteiger partial charge in [0.25, 0.3) is 5.56 Å². The summed E-state index contributed by atoms with van der Waals surface area (Å²) in [6.45, 7) is 4.00. The minimum absolute atomic E-state index is 0.0149. The van der Waals surface area contributed by atoms with Crippen molar-refractivity contribution in [1.82, 2.24) is 4.57 Å². The summed E-state index contributed by atoms with van der Waals surface area (Å²) in [6.07, 6.45) is 2.97. The number of hydrogen-bond acceptors (Lipinski definition) is 7. The fraction of sp³-hybridized carbons (Fsp3) is 0.261. The van der Waals surface area contributed by atoms with Crippen LogP contribution in [0.15, 0.2) is 55.2 Å². The summed E-state index contributed by atoms with van der Waals surface area (Å²) in [7, 11) is 0. The van der Waals surface area contributed by atoms with Crippen LogP contribution in [0.2, 0.25) is 5.02 Å². The highest BCUT2D eigenvalue weighted by atomic mass is 79.9. The molecule has 4 rings (SSSR count). The highest BCUT2D eigenvalue weighted by molar-refractivity contribution is 9.10. The average molecular weight is 568 g/mol. The third-order valence-corrected chi connectivity index (χ3v) is 7.78. The first-order valence-electron chi connectivity index (χ1n) is 10.3. The number of thiazole rings is 1. The monoisotopic (exact) mass is 566 g/mol. The molecule has 6 nitrogen and oxygen atoms in total. The molecule has 0 saturated heterocycles. The van der Waals surface area contributed by atoms with Gasteiger partial charge in [-0.05, 0) is 58.9 Å². The number of benzene rings is 1. The van der Waals surface area contributed by atoms with Crippen molar-refractivity contribution in [2.75, 3.05) is 6.61 Å². The van der Waals surface area contributed by atoms with E-state index in [2.05, 4.69) is 15.9 Å². The van der Waals surface area contributed by atoms with Gasteiger partial charge in [-0.3, -0.25) is 9.36 Å². The predicted octanol–water partition coefficient (Wildman–Crippen LogP) is 4.76. The molecule has 0 fully saturated rings. The topological polar surface area (TPSA) is 80.9 Å². The van der Waals surface area contributed by atoms with Gasteiger partial charge in [0.2, 0.25) is 0 Å². The lowest BCUT2D eigenvalue weighted by molar-refractivity contribution is -0.139. The number of ether oxygens (including phenoxy) is 1. The molecule has 0 aliphatic carbocycles. The molecule has 0 bridgehead atoms. The van der Waals surface area contributed by atoms with E-state index >= 15 is 0 Å². The highest BCUT2D eigenvalue weighted by Gasteiger charge is 2.34. The number of thiophene rings is 1. The van der Waals surface area contributed by atoms with Crippen LogP contribution in [0.1, 0.15) is 43.2 Å². The van der Waals surface area contributed by atoms with Gasteiger partial charge in [0, 0.05) is 15.5 Å². The van der Waals surface area contributed by atoms with Crippen LogP contribution < -0.4 is 14.9 Å². The Morgan fingerprint density at radius 2 is 2.18 bits per heavy atom. The summed E-state index contributed by atoms with van der Waals surface area (Å²) in [5.74, 6) is -0.479. The number of carbonyl (C=O) groups excluding carboxylic acids is 1. The third-order valence-electron chi connectivity index (χ3n) is 5.05. The van der Waals surface area contributed by atoms with Gasteiger partial charge in [-0.2, -0.15) is 0 Å². The smallest absolute Gasteiger partial charge is 0.338 e. The number of halogens is 2. The SMILES string of the molecule is CCCC1=C(C(=O)OCC)[C@@H](c2cccs2)n2c(s/c(=C\c3cc(Cl)cc(Br)c3O)c2=O)=N1. The molecule has 172 valence electrons. The number of hydrogen-bond donors (Lipinski definition) is 1. The molecule has 3 aromatic rings. The molecule has 1 N–H and O–H groups in total. The maximum Gasteiger partial charge on any atom is 0.338 e. The molecular weight excluding hydrogens is 548 g/mol. The zero-order chi connectivity index (χ0) is 23.7. The second-order valence-electron chi connectivity index (χ2n) is 7.25. The molecule has 1 atom stereocenters. The van der Waals surface area contributed by atoms with E-state index in [-0.39, 0.29) is 17.9 Å². The van der Waals surface area contributed by atoms with Crippen LogP contribution in [0.4, 0.5) is 0 Å². The number of carbonyl (C=O) groups is 1. The van der Waals surface area contributed by atoms with E-state index in [9.17, 15) is 14.7 Å². The second-order valence-corrected chi connectivity index (χ2v) is 10.5. The molecule has 0 saturated carbocycles. The number of nitrogens with zero attached hydrogens (tertiary/aromatic N) is 2. The summed E-state index contributed by atoms with van der Waals surface area (Å²) < 4.78 is 7.71. The largest absolute Gasteiger partial charge is 0.506 e. The van der Waals surface area contributed by atoms with E-state index in [0.29, 0.717) is 42.1 Å². The first-order valence-corrected chi connectivity index (χ1v) is 13.2. The van der Waals surface area contributed by atoms with Gasteiger partial charge in [0.05, 0.1) is 26.9 Å². The Bertz CT molecular complexity index is 1420. The Hall–Kier alpha value is -2.20. The van der Waals surface area contributed by atoms with Gasteiger partial charge >= 0.3 is 5.97 Å². The number of esters is 1. The molecule has 2 aromatic heterocycles. The van der Waals surface area contributed by atoms with Gasteiger partial charge in [-0.1, -0.05) is 42.3 Å². The van der Waals surface area contributed by atoms with Crippen molar-refractivity contribution in [3.8, 4) is 5.75 Å². The van der Waals surface area contributed by atoms with Gasteiger partial charge in [0.15, 0.2) is 4.80 Å². The van der Waals surface area contributed by atoms with Crippen LogP contribution in [0, 0.1) is 0 Å². The van der Waals surface area contributed by atoms with Crippen LogP contribution in [0.3, 0.4) is 0 Å². The average Bonchev–Trinajstić information content (AvgIpc) is 3.40. The van der Waals surface area contributed by atoms with Crippen LogP contribution in [-0.4, -0.2) is 22.2 Å². The summed E-state index contributed by atoms with van der Waals surface area (Å²) in [5, 5.41) is 12.8. The predicted molar refractivity (Wildman–Crippen MR) is 135 cm³/mol. The van der Waals surface area contributed by atoms with Crippen molar-refractivity contribution in [2.45, 2.75) is 32.7 Å². The second kappa shape index (κ2) is 9.97.